The van der Waals surface area contributed by atoms with Crippen molar-refractivity contribution in [2.75, 3.05) is 5.32 Å². The van der Waals surface area contributed by atoms with Crippen LogP contribution in [-0.4, -0.2) is 16.1 Å². The van der Waals surface area contributed by atoms with E-state index >= 15 is 0 Å². The maximum Gasteiger partial charge on any atom is 0.354 e. The van der Waals surface area contributed by atoms with Gasteiger partial charge in [0.15, 0.2) is 5.69 Å². The van der Waals surface area contributed by atoms with Crippen LogP contribution < -0.4 is 5.32 Å². The van der Waals surface area contributed by atoms with E-state index in [0.717, 1.165) is 21.3 Å². The minimum absolute atomic E-state index is 0.0237. The molecule has 0 fully saturated rings. The molecular weight excluding hydrogens is 308 g/mol. The van der Waals surface area contributed by atoms with Crippen molar-refractivity contribution in [1.82, 2.24) is 4.98 Å². The van der Waals surface area contributed by atoms with Crippen LogP contribution in [0.5, 0.6) is 0 Å². The Kier molecular flexibility index (Phi) is 3.85. The molecule has 0 aliphatic carbocycles. The Morgan fingerprint density at radius 3 is 2.47 bits per heavy atom. The van der Waals surface area contributed by atoms with Gasteiger partial charge >= 0.3 is 5.97 Å². The predicted molar refractivity (Wildman–Crippen MR) is 78.1 cm³/mol. The predicted octanol–water partition coefficient (Wildman–Crippen LogP) is 3.90. The molecule has 0 aliphatic heterocycles. The fourth-order valence-corrected chi connectivity index (χ4v) is 2.02. The first-order chi connectivity index (χ1) is 8.97. The molecule has 0 saturated carbocycles. The SMILES string of the molecule is Cc1cc(Nc2cccc(C(=O)O)n2)cc(C)c1Br. The number of nitrogens with one attached hydrogen (secondary N) is 1. The molecule has 1 aromatic carbocycles. The summed E-state index contributed by atoms with van der Waals surface area (Å²) in [6.45, 7) is 4.01. The maximum absolute atomic E-state index is 10.9. The van der Waals surface area contributed by atoms with Gasteiger partial charge in [-0.05, 0) is 49.2 Å². The number of aromatic nitrogens is 1. The Morgan fingerprint density at radius 2 is 1.89 bits per heavy atom. The molecule has 0 atom stereocenters. The Hall–Kier alpha value is -1.88. The number of carbonyl (C=O) groups is 1. The Labute approximate surface area is 119 Å². The molecule has 2 rings (SSSR count). The summed E-state index contributed by atoms with van der Waals surface area (Å²) in [7, 11) is 0. The van der Waals surface area contributed by atoms with Crippen LogP contribution in [0.2, 0.25) is 0 Å². The normalized spacial score (nSPS) is 10.3. The minimum atomic E-state index is -1.04. The molecule has 1 heterocycles. The van der Waals surface area contributed by atoms with Crippen molar-refractivity contribution >= 4 is 33.4 Å². The van der Waals surface area contributed by atoms with E-state index in [1.165, 1.54) is 6.07 Å². The van der Waals surface area contributed by atoms with Crippen molar-refractivity contribution in [3.63, 3.8) is 0 Å². The van der Waals surface area contributed by atoms with Gasteiger partial charge in [-0.1, -0.05) is 22.0 Å². The third-order valence-electron chi connectivity index (χ3n) is 2.68. The summed E-state index contributed by atoms with van der Waals surface area (Å²) in [5.74, 6) is -0.521. The molecule has 0 radical (unpaired) electrons. The van der Waals surface area contributed by atoms with Crippen molar-refractivity contribution in [2.24, 2.45) is 0 Å². The first-order valence-electron chi connectivity index (χ1n) is 5.71. The van der Waals surface area contributed by atoms with Gasteiger partial charge in [-0.15, -0.1) is 0 Å². The summed E-state index contributed by atoms with van der Waals surface area (Å²) < 4.78 is 1.07. The van der Waals surface area contributed by atoms with Crippen LogP contribution in [0.15, 0.2) is 34.8 Å². The highest BCUT2D eigenvalue weighted by Crippen LogP contribution is 2.26. The van der Waals surface area contributed by atoms with Crippen LogP contribution in [0.4, 0.5) is 11.5 Å². The molecule has 2 N–H and O–H groups in total. The zero-order valence-corrected chi connectivity index (χ0v) is 12.2. The topological polar surface area (TPSA) is 62.2 Å². The molecular formula is C14H13BrN2O2. The quantitative estimate of drug-likeness (QED) is 0.900. The minimum Gasteiger partial charge on any atom is -0.477 e. The third kappa shape index (κ3) is 3.12. The van der Waals surface area contributed by atoms with Crippen molar-refractivity contribution in [3.05, 3.63) is 51.6 Å². The second-order valence-corrected chi connectivity index (χ2v) is 5.06. The Bertz CT molecular complexity index is 618. The van der Waals surface area contributed by atoms with Crippen LogP contribution in [0.1, 0.15) is 21.6 Å². The number of hydrogen-bond acceptors (Lipinski definition) is 3. The lowest BCUT2D eigenvalue weighted by Crippen LogP contribution is -2.02. The summed E-state index contributed by atoms with van der Waals surface area (Å²) in [5.41, 5.74) is 3.12. The van der Waals surface area contributed by atoms with E-state index in [1.54, 1.807) is 12.1 Å². The molecule has 0 spiro atoms. The number of nitrogens with zero attached hydrogens (tertiary/aromatic N) is 1. The number of aromatic carboxylic acids is 1. The number of rotatable bonds is 3. The largest absolute Gasteiger partial charge is 0.477 e. The summed E-state index contributed by atoms with van der Waals surface area (Å²) in [5, 5.41) is 12.0. The van der Waals surface area contributed by atoms with Crippen molar-refractivity contribution in [2.45, 2.75) is 13.8 Å². The average Bonchev–Trinajstić information content (AvgIpc) is 2.36. The molecule has 0 unspecified atom stereocenters. The lowest BCUT2D eigenvalue weighted by molar-refractivity contribution is 0.0690. The van der Waals surface area contributed by atoms with E-state index in [2.05, 4.69) is 26.2 Å². The van der Waals surface area contributed by atoms with E-state index in [4.69, 9.17) is 5.11 Å². The highest BCUT2D eigenvalue weighted by Gasteiger charge is 2.06. The number of aryl methyl sites for hydroxylation is 2. The number of benzene rings is 1. The van der Waals surface area contributed by atoms with Crippen LogP contribution in [-0.2, 0) is 0 Å². The molecule has 19 heavy (non-hydrogen) atoms. The lowest BCUT2D eigenvalue weighted by Gasteiger charge is -2.10. The van der Waals surface area contributed by atoms with E-state index in [9.17, 15) is 4.79 Å². The van der Waals surface area contributed by atoms with Crippen LogP contribution in [0.25, 0.3) is 0 Å². The second kappa shape index (κ2) is 5.40. The van der Waals surface area contributed by atoms with Gasteiger partial charge in [-0.3, -0.25) is 0 Å². The molecule has 0 saturated heterocycles. The van der Waals surface area contributed by atoms with Crippen molar-refractivity contribution in [3.8, 4) is 0 Å². The fourth-order valence-electron chi connectivity index (χ4n) is 1.79. The van der Waals surface area contributed by atoms with Gasteiger partial charge in [0, 0.05) is 10.2 Å². The zero-order chi connectivity index (χ0) is 14.0. The first-order valence-corrected chi connectivity index (χ1v) is 6.51. The zero-order valence-electron chi connectivity index (χ0n) is 10.6. The number of carboxylic acid groups (broad SMARTS) is 1. The number of hydrogen-bond donors (Lipinski definition) is 2. The smallest absolute Gasteiger partial charge is 0.354 e. The molecule has 0 amide bonds. The van der Waals surface area contributed by atoms with Gasteiger partial charge in [0.05, 0.1) is 0 Å². The van der Waals surface area contributed by atoms with Gasteiger partial charge in [0.25, 0.3) is 0 Å². The van der Waals surface area contributed by atoms with E-state index in [1.807, 2.05) is 26.0 Å². The van der Waals surface area contributed by atoms with Gasteiger partial charge < -0.3 is 10.4 Å². The number of carboxylic acids is 1. The molecule has 4 nitrogen and oxygen atoms in total. The first kappa shape index (κ1) is 13.5. The van der Waals surface area contributed by atoms with E-state index < -0.39 is 5.97 Å². The molecule has 2 aromatic rings. The average molecular weight is 321 g/mol. The Balaban J connectivity index is 2.31. The summed E-state index contributed by atoms with van der Waals surface area (Å²) >= 11 is 3.51. The van der Waals surface area contributed by atoms with Gasteiger partial charge in [0.2, 0.25) is 0 Å². The molecule has 98 valence electrons. The lowest BCUT2D eigenvalue weighted by atomic mass is 10.1. The summed E-state index contributed by atoms with van der Waals surface area (Å²) in [6.07, 6.45) is 0. The van der Waals surface area contributed by atoms with Crippen LogP contribution >= 0.6 is 15.9 Å². The highest BCUT2D eigenvalue weighted by atomic mass is 79.9. The van der Waals surface area contributed by atoms with Gasteiger partial charge in [0.1, 0.15) is 5.82 Å². The second-order valence-electron chi connectivity index (χ2n) is 4.26. The summed E-state index contributed by atoms with van der Waals surface area (Å²) in [6, 6.07) is 8.82. The van der Waals surface area contributed by atoms with E-state index in [-0.39, 0.29) is 5.69 Å². The van der Waals surface area contributed by atoms with Gasteiger partial charge in [-0.25, -0.2) is 9.78 Å². The number of anilines is 2. The standard InChI is InChI=1S/C14H13BrN2O2/c1-8-6-10(7-9(2)13(8)15)16-12-5-3-4-11(17-12)14(18)19/h3-7H,1-2H3,(H,16,17)(H,18,19). The maximum atomic E-state index is 10.9. The van der Waals surface area contributed by atoms with Crippen LogP contribution in [0, 0.1) is 13.8 Å². The van der Waals surface area contributed by atoms with E-state index in [0.29, 0.717) is 5.82 Å². The third-order valence-corrected chi connectivity index (χ3v) is 3.93. The van der Waals surface area contributed by atoms with Crippen LogP contribution in [0.3, 0.4) is 0 Å². The monoisotopic (exact) mass is 320 g/mol. The molecule has 5 heteroatoms. The molecule has 1 aromatic heterocycles. The fraction of sp³-hybridized carbons (Fsp3) is 0.143. The molecule has 0 aliphatic rings. The van der Waals surface area contributed by atoms with Gasteiger partial charge in [-0.2, -0.15) is 0 Å². The summed E-state index contributed by atoms with van der Waals surface area (Å²) in [4.78, 5) is 14.9. The number of halogens is 1. The highest BCUT2D eigenvalue weighted by molar-refractivity contribution is 9.10. The molecule has 0 bridgehead atoms. The van der Waals surface area contributed by atoms with Crippen molar-refractivity contribution in [1.29, 1.82) is 0 Å². The Morgan fingerprint density at radius 1 is 1.26 bits per heavy atom. The number of pyridine rings is 1. The van der Waals surface area contributed by atoms with Crippen molar-refractivity contribution < 1.29 is 9.90 Å².